The van der Waals surface area contributed by atoms with Gasteiger partial charge in [-0.3, -0.25) is 9.59 Å². The molecule has 6 heteroatoms. The van der Waals surface area contributed by atoms with E-state index in [2.05, 4.69) is 17.6 Å². The minimum Gasteiger partial charge on any atom is -0.467 e. The Morgan fingerprint density at radius 1 is 1.41 bits per heavy atom. The van der Waals surface area contributed by atoms with Crippen molar-refractivity contribution >= 4 is 11.8 Å². The Bertz CT molecular complexity index is 751. The highest BCUT2D eigenvalue weighted by molar-refractivity contribution is 5.98. The third kappa shape index (κ3) is 3.10. The van der Waals surface area contributed by atoms with Crippen LogP contribution in [-0.2, 0) is 9.53 Å². The highest BCUT2D eigenvalue weighted by Gasteiger charge is 2.61. The molecule has 1 spiro atoms. The molecule has 4 aliphatic rings. The fraction of sp³-hybridized carbons (Fsp3) is 0.619. The van der Waals surface area contributed by atoms with Crippen LogP contribution in [0.25, 0.3) is 0 Å². The van der Waals surface area contributed by atoms with Crippen molar-refractivity contribution in [1.29, 1.82) is 0 Å². The monoisotopic (exact) mass is 372 g/mol. The number of hydrogen-bond acceptors (Lipinski definition) is 4. The van der Waals surface area contributed by atoms with E-state index in [4.69, 9.17) is 9.47 Å². The molecule has 2 bridgehead atoms. The van der Waals surface area contributed by atoms with Gasteiger partial charge in [0.15, 0.2) is 5.72 Å². The maximum Gasteiger partial charge on any atom is 0.258 e. The summed E-state index contributed by atoms with van der Waals surface area (Å²) >= 11 is 0. The highest BCUT2D eigenvalue weighted by atomic mass is 16.5. The van der Waals surface area contributed by atoms with Crippen molar-refractivity contribution in [2.45, 2.75) is 44.8 Å². The number of rotatable bonds is 5. The van der Waals surface area contributed by atoms with E-state index < -0.39 is 5.72 Å². The van der Waals surface area contributed by atoms with Gasteiger partial charge in [0.05, 0.1) is 5.56 Å². The van der Waals surface area contributed by atoms with Gasteiger partial charge in [0, 0.05) is 38.5 Å². The first-order valence-corrected chi connectivity index (χ1v) is 9.85. The summed E-state index contributed by atoms with van der Waals surface area (Å²) in [5.41, 5.74) is -0.285. The lowest BCUT2D eigenvalue weighted by atomic mass is 9.52. The number of carbonyl (C=O) groups excluding carboxylic acids is 2. The standard InChI is InChI=1S/C21H28N2O4/c1-20-9-8-14(12-16(20)19(25)22-10-5-11-26-2)21(13-20)23-18(24)15-6-3-4-7-17(15)27-21/h3-4,6-7,14,16H,5,8-13H2,1-2H3,(H,22,25)(H,23,24)/t14-,16-,20-,21+/m1/s1. The van der Waals surface area contributed by atoms with Crippen LogP contribution in [0.5, 0.6) is 5.75 Å². The maximum absolute atomic E-state index is 12.8. The number of para-hydroxylation sites is 1. The predicted octanol–water partition coefficient (Wildman–Crippen LogP) is 2.48. The summed E-state index contributed by atoms with van der Waals surface area (Å²) < 4.78 is 11.4. The molecule has 0 unspecified atom stereocenters. The van der Waals surface area contributed by atoms with E-state index in [0.29, 0.717) is 30.9 Å². The van der Waals surface area contributed by atoms with E-state index in [1.165, 1.54) is 0 Å². The van der Waals surface area contributed by atoms with Gasteiger partial charge in [0.2, 0.25) is 5.91 Å². The zero-order valence-corrected chi connectivity index (χ0v) is 16.0. The molecule has 4 atom stereocenters. The van der Waals surface area contributed by atoms with Crippen LogP contribution in [0.15, 0.2) is 24.3 Å². The van der Waals surface area contributed by atoms with Crippen molar-refractivity contribution in [2.24, 2.45) is 17.3 Å². The molecule has 1 aromatic rings. The Balaban J connectivity index is 1.51. The van der Waals surface area contributed by atoms with Gasteiger partial charge in [0.25, 0.3) is 5.91 Å². The molecule has 146 valence electrons. The number of benzene rings is 1. The summed E-state index contributed by atoms with van der Waals surface area (Å²) in [6.07, 6.45) is 4.17. The molecule has 6 nitrogen and oxygen atoms in total. The molecular formula is C21H28N2O4. The van der Waals surface area contributed by atoms with Crippen LogP contribution in [0.1, 0.15) is 49.4 Å². The summed E-state index contributed by atoms with van der Waals surface area (Å²) in [5.74, 6) is 0.802. The summed E-state index contributed by atoms with van der Waals surface area (Å²) in [6.45, 7) is 3.45. The maximum atomic E-state index is 12.8. The van der Waals surface area contributed by atoms with E-state index in [0.717, 1.165) is 25.7 Å². The first-order valence-electron chi connectivity index (χ1n) is 9.85. The minimum atomic E-state index is -0.689. The molecule has 0 saturated heterocycles. The Kier molecular flexibility index (Phi) is 4.62. The van der Waals surface area contributed by atoms with Crippen LogP contribution < -0.4 is 15.4 Å². The molecule has 0 radical (unpaired) electrons. The Hall–Kier alpha value is -2.08. The van der Waals surface area contributed by atoms with E-state index in [9.17, 15) is 9.59 Å². The van der Waals surface area contributed by atoms with E-state index in [1.807, 2.05) is 18.2 Å². The molecule has 2 N–H and O–H groups in total. The largest absolute Gasteiger partial charge is 0.467 e. The highest BCUT2D eigenvalue weighted by Crippen LogP contribution is 2.58. The molecule has 3 aliphatic carbocycles. The Morgan fingerprint density at radius 2 is 2.22 bits per heavy atom. The van der Waals surface area contributed by atoms with Gasteiger partial charge < -0.3 is 20.1 Å². The van der Waals surface area contributed by atoms with Gasteiger partial charge >= 0.3 is 0 Å². The molecule has 3 saturated carbocycles. The topological polar surface area (TPSA) is 76.7 Å². The number of carbonyl (C=O) groups is 2. The number of hydrogen-bond donors (Lipinski definition) is 2. The van der Waals surface area contributed by atoms with Crippen molar-refractivity contribution in [3.63, 3.8) is 0 Å². The number of amides is 2. The van der Waals surface area contributed by atoms with Crippen molar-refractivity contribution < 1.29 is 19.1 Å². The fourth-order valence-electron chi connectivity index (χ4n) is 5.21. The molecule has 2 amide bonds. The van der Waals surface area contributed by atoms with E-state index >= 15 is 0 Å². The number of nitrogens with one attached hydrogen (secondary N) is 2. The lowest BCUT2D eigenvalue weighted by molar-refractivity contribution is -0.167. The van der Waals surface area contributed by atoms with Crippen molar-refractivity contribution in [2.75, 3.05) is 20.3 Å². The van der Waals surface area contributed by atoms with Crippen LogP contribution in [0, 0.1) is 17.3 Å². The molecule has 0 aromatic heterocycles. The molecule has 1 aromatic carbocycles. The van der Waals surface area contributed by atoms with Crippen LogP contribution in [0.3, 0.4) is 0 Å². The molecule has 27 heavy (non-hydrogen) atoms. The molecule has 3 fully saturated rings. The van der Waals surface area contributed by atoms with Crippen molar-refractivity contribution in [1.82, 2.24) is 10.6 Å². The zero-order valence-electron chi connectivity index (χ0n) is 16.0. The molecular weight excluding hydrogens is 344 g/mol. The summed E-state index contributed by atoms with van der Waals surface area (Å²) in [7, 11) is 1.67. The first kappa shape index (κ1) is 18.3. The number of ether oxygens (including phenoxy) is 2. The summed E-state index contributed by atoms with van der Waals surface area (Å²) in [5, 5.41) is 6.22. The van der Waals surface area contributed by atoms with Crippen LogP contribution in [0.4, 0.5) is 0 Å². The molecule has 1 aliphatic heterocycles. The normalized spacial score (nSPS) is 33.9. The second-order valence-corrected chi connectivity index (χ2v) is 8.43. The van der Waals surface area contributed by atoms with Crippen molar-refractivity contribution in [3.8, 4) is 5.75 Å². The lowest BCUT2D eigenvalue weighted by Gasteiger charge is -2.59. The molecule has 1 heterocycles. The third-order valence-electron chi connectivity index (χ3n) is 6.64. The van der Waals surface area contributed by atoms with E-state index in [-0.39, 0.29) is 29.1 Å². The first-order chi connectivity index (χ1) is 13.0. The van der Waals surface area contributed by atoms with Crippen LogP contribution in [-0.4, -0.2) is 37.8 Å². The quantitative estimate of drug-likeness (QED) is 0.779. The van der Waals surface area contributed by atoms with Crippen molar-refractivity contribution in [3.05, 3.63) is 29.8 Å². The van der Waals surface area contributed by atoms with Gasteiger partial charge in [-0.2, -0.15) is 0 Å². The second-order valence-electron chi connectivity index (χ2n) is 8.43. The van der Waals surface area contributed by atoms with Gasteiger partial charge in [0.1, 0.15) is 5.75 Å². The number of methoxy groups -OCH3 is 1. The Labute approximate surface area is 160 Å². The van der Waals surface area contributed by atoms with Gasteiger partial charge in [-0.1, -0.05) is 19.1 Å². The lowest BCUT2D eigenvalue weighted by Crippen LogP contribution is -2.69. The second kappa shape index (κ2) is 6.82. The average Bonchev–Trinajstić information content (AvgIpc) is 2.64. The molecule has 5 rings (SSSR count). The minimum absolute atomic E-state index is 0.0397. The predicted molar refractivity (Wildman–Crippen MR) is 100 cm³/mol. The van der Waals surface area contributed by atoms with Crippen LogP contribution in [0.2, 0.25) is 0 Å². The summed E-state index contributed by atoms with van der Waals surface area (Å²) in [4.78, 5) is 25.5. The van der Waals surface area contributed by atoms with Gasteiger partial charge in [-0.15, -0.1) is 0 Å². The SMILES string of the molecule is COCCCNC(=O)[C@H]1C[C@H]2CC[C@]1(C)C[C@@]21NC(=O)c2ccccc2O1. The number of fused-ring (bicyclic) bond motifs is 3. The fourth-order valence-corrected chi connectivity index (χ4v) is 5.21. The average molecular weight is 372 g/mol. The van der Waals surface area contributed by atoms with Crippen LogP contribution >= 0.6 is 0 Å². The Morgan fingerprint density at radius 3 is 3.00 bits per heavy atom. The zero-order chi connectivity index (χ0) is 19.1. The third-order valence-corrected chi connectivity index (χ3v) is 6.64. The van der Waals surface area contributed by atoms with E-state index in [1.54, 1.807) is 13.2 Å². The van der Waals surface area contributed by atoms with Gasteiger partial charge in [-0.25, -0.2) is 0 Å². The summed E-state index contributed by atoms with van der Waals surface area (Å²) in [6, 6.07) is 7.39. The smallest absolute Gasteiger partial charge is 0.258 e. The van der Waals surface area contributed by atoms with Gasteiger partial charge in [-0.05, 0) is 43.2 Å².